The van der Waals surface area contributed by atoms with Crippen molar-refractivity contribution in [2.24, 2.45) is 24.8 Å². The molecule has 0 saturated heterocycles. The number of aryl methyl sites for hydroxylation is 1. The van der Waals surface area contributed by atoms with Crippen molar-refractivity contribution < 1.29 is 4.79 Å². The third-order valence-electron chi connectivity index (χ3n) is 4.99. The van der Waals surface area contributed by atoms with Gasteiger partial charge >= 0.3 is 0 Å². The number of carbonyl (C=O) groups is 1. The first-order chi connectivity index (χ1) is 10.3. The second-order valence-electron chi connectivity index (χ2n) is 6.14. The highest BCUT2D eigenvalue weighted by Crippen LogP contribution is 2.53. The molecule has 4 rings (SSSR count). The van der Waals surface area contributed by atoms with Crippen molar-refractivity contribution >= 4 is 5.78 Å². The van der Waals surface area contributed by atoms with Crippen LogP contribution in [0.5, 0.6) is 0 Å². The van der Waals surface area contributed by atoms with E-state index in [1.54, 1.807) is 6.20 Å². The van der Waals surface area contributed by atoms with Gasteiger partial charge in [-0.1, -0.05) is 42.5 Å². The highest BCUT2D eigenvalue weighted by Gasteiger charge is 2.49. The van der Waals surface area contributed by atoms with Crippen molar-refractivity contribution in [1.29, 1.82) is 0 Å². The first kappa shape index (κ1) is 12.6. The molecule has 1 heterocycles. The lowest BCUT2D eigenvalue weighted by atomic mass is 9.76. The van der Waals surface area contributed by atoms with Crippen molar-refractivity contribution in [1.82, 2.24) is 9.55 Å². The third-order valence-corrected chi connectivity index (χ3v) is 4.99. The Kier molecular flexibility index (Phi) is 2.81. The van der Waals surface area contributed by atoms with Gasteiger partial charge in [-0.3, -0.25) is 4.79 Å². The van der Waals surface area contributed by atoms with Crippen LogP contribution >= 0.6 is 0 Å². The number of hydrogen-bond donors (Lipinski definition) is 0. The van der Waals surface area contributed by atoms with Crippen LogP contribution in [-0.4, -0.2) is 15.3 Å². The predicted molar refractivity (Wildman–Crippen MR) is 80.9 cm³/mol. The minimum Gasteiger partial charge on any atom is -0.332 e. The van der Waals surface area contributed by atoms with Crippen molar-refractivity contribution in [3.05, 3.63) is 66.3 Å². The molecule has 0 amide bonds. The number of rotatable bonds is 3. The predicted octanol–water partition coefficient (Wildman–Crippen LogP) is 3.21. The molecule has 0 unspecified atom stereocenters. The summed E-state index contributed by atoms with van der Waals surface area (Å²) >= 11 is 0. The van der Waals surface area contributed by atoms with Crippen molar-refractivity contribution in [3.63, 3.8) is 0 Å². The van der Waals surface area contributed by atoms with E-state index in [4.69, 9.17) is 0 Å². The van der Waals surface area contributed by atoms with Gasteiger partial charge in [-0.15, -0.1) is 0 Å². The lowest BCUT2D eigenvalue weighted by Gasteiger charge is -2.27. The third kappa shape index (κ3) is 1.88. The molecule has 1 aromatic carbocycles. The molecule has 21 heavy (non-hydrogen) atoms. The second-order valence-corrected chi connectivity index (χ2v) is 6.14. The molecular formula is C18H18N2O. The molecule has 3 nitrogen and oxygen atoms in total. The lowest BCUT2D eigenvalue weighted by Crippen LogP contribution is -2.28. The van der Waals surface area contributed by atoms with Gasteiger partial charge in [0.15, 0.2) is 5.82 Å². The van der Waals surface area contributed by atoms with Crippen LogP contribution in [-0.2, 0) is 7.05 Å². The molecule has 1 fully saturated rings. The fourth-order valence-electron chi connectivity index (χ4n) is 4.06. The van der Waals surface area contributed by atoms with Crippen LogP contribution in [0.3, 0.4) is 0 Å². The Hall–Kier alpha value is -2.16. The number of fused-ring (bicyclic) bond motifs is 2. The number of Topliss-reactive ketones (excluding diaryl/α,β-unsaturated/α-hetero) is 1. The number of imidazole rings is 1. The first-order valence-corrected chi connectivity index (χ1v) is 7.50. The smallest absolute Gasteiger partial charge is 0.202 e. The summed E-state index contributed by atoms with van der Waals surface area (Å²) in [6, 6.07) is 10.5. The van der Waals surface area contributed by atoms with Crippen LogP contribution in [0.15, 0.2) is 54.9 Å². The van der Waals surface area contributed by atoms with Gasteiger partial charge in [-0.2, -0.15) is 0 Å². The molecule has 4 atom stereocenters. The molecule has 1 aromatic heterocycles. The fourth-order valence-corrected chi connectivity index (χ4v) is 4.06. The fraction of sp³-hybridized carbons (Fsp3) is 0.333. The van der Waals surface area contributed by atoms with Crippen molar-refractivity contribution in [3.8, 4) is 0 Å². The first-order valence-electron chi connectivity index (χ1n) is 7.50. The number of benzene rings is 1. The van der Waals surface area contributed by atoms with Gasteiger partial charge in [-0.25, -0.2) is 4.98 Å². The number of allylic oxidation sites excluding steroid dienone is 2. The van der Waals surface area contributed by atoms with Gasteiger partial charge in [0.05, 0.1) is 0 Å². The Morgan fingerprint density at radius 1 is 1.19 bits per heavy atom. The average Bonchev–Trinajstić information content (AvgIpc) is 3.22. The number of carbonyl (C=O) groups excluding carboxylic acids is 1. The zero-order chi connectivity index (χ0) is 14.4. The summed E-state index contributed by atoms with van der Waals surface area (Å²) in [5.41, 5.74) is 1.28. The zero-order valence-electron chi connectivity index (χ0n) is 12.0. The highest BCUT2D eigenvalue weighted by atomic mass is 16.1. The molecular weight excluding hydrogens is 260 g/mol. The molecule has 106 valence electrons. The molecule has 2 aromatic rings. The summed E-state index contributed by atoms with van der Waals surface area (Å²) in [6.07, 6.45) is 9.17. The van der Waals surface area contributed by atoms with E-state index in [0.717, 1.165) is 6.42 Å². The van der Waals surface area contributed by atoms with E-state index in [0.29, 0.717) is 23.6 Å². The van der Waals surface area contributed by atoms with E-state index in [2.05, 4.69) is 41.4 Å². The maximum Gasteiger partial charge on any atom is 0.202 e. The van der Waals surface area contributed by atoms with Gasteiger partial charge in [0.25, 0.3) is 0 Å². The Labute approximate surface area is 124 Å². The molecule has 2 bridgehead atoms. The van der Waals surface area contributed by atoms with Gasteiger partial charge < -0.3 is 4.57 Å². The summed E-state index contributed by atoms with van der Waals surface area (Å²) < 4.78 is 1.83. The van der Waals surface area contributed by atoms with Crippen LogP contribution in [0.2, 0.25) is 0 Å². The molecule has 1 saturated carbocycles. The monoisotopic (exact) mass is 278 g/mol. The normalized spacial score (nSPS) is 30.0. The summed E-state index contributed by atoms with van der Waals surface area (Å²) in [7, 11) is 1.89. The minimum atomic E-state index is 0.0310. The quantitative estimate of drug-likeness (QED) is 0.638. The maximum absolute atomic E-state index is 13.0. The topological polar surface area (TPSA) is 34.9 Å². The minimum absolute atomic E-state index is 0.0310. The van der Waals surface area contributed by atoms with Crippen molar-refractivity contribution in [2.45, 2.75) is 12.3 Å². The molecule has 2 aliphatic rings. The Morgan fingerprint density at radius 3 is 2.67 bits per heavy atom. The highest BCUT2D eigenvalue weighted by molar-refractivity contribution is 5.96. The molecule has 0 N–H and O–H groups in total. The van der Waals surface area contributed by atoms with E-state index in [-0.39, 0.29) is 11.7 Å². The number of aromatic nitrogens is 2. The summed E-state index contributed by atoms with van der Waals surface area (Å²) in [5.74, 6) is 1.96. The summed E-state index contributed by atoms with van der Waals surface area (Å²) in [6.45, 7) is 0. The van der Waals surface area contributed by atoms with Crippen LogP contribution in [0.4, 0.5) is 0 Å². The van der Waals surface area contributed by atoms with Gasteiger partial charge in [0, 0.05) is 31.3 Å². The summed E-state index contributed by atoms with van der Waals surface area (Å²) in [5, 5.41) is 0. The molecule has 0 radical (unpaired) electrons. The molecule has 0 spiro atoms. The van der Waals surface area contributed by atoms with Crippen LogP contribution < -0.4 is 0 Å². The average molecular weight is 278 g/mol. The van der Waals surface area contributed by atoms with E-state index >= 15 is 0 Å². The van der Waals surface area contributed by atoms with Crippen LogP contribution in [0.1, 0.15) is 28.5 Å². The van der Waals surface area contributed by atoms with E-state index in [1.807, 2.05) is 23.9 Å². The number of nitrogens with zero attached hydrogens (tertiary/aromatic N) is 2. The van der Waals surface area contributed by atoms with E-state index in [1.165, 1.54) is 5.56 Å². The molecule has 2 aliphatic carbocycles. The molecule has 0 aliphatic heterocycles. The zero-order valence-corrected chi connectivity index (χ0v) is 12.0. The lowest BCUT2D eigenvalue weighted by molar-refractivity contribution is 0.0872. The number of hydrogen-bond acceptors (Lipinski definition) is 2. The van der Waals surface area contributed by atoms with Crippen molar-refractivity contribution in [2.75, 3.05) is 0 Å². The second kappa shape index (κ2) is 4.69. The SMILES string of the molecule is Cn1ccnc1C(=O)[C@@H]1[C@@H](c2ccccc2)[C@@H]2C=C[C@H]1C2. The number of ketones is 1. The van der Waals surface area contributed by atoms with Crippen LogP contribution in [0, 0.1) is 17.8 Å². The standard InChI is InChI=1S/C18H18N2O/c1-20-10-9-19-18(20)17(21)16-14-8-7-13(11-14)15(16)12-5-3-2-4-6-12/h2-10,13-16H,11H2,1H3/t13-,14+,15+,16+/m1/s1. The maximum atomic E-state index is 13.0. The van der Waals surface area contributed by atoms with E-state index in [9.17, 15) is 4.79 Å². The van der Waals surface area contributed by atoms with Gasteiger partial charge in [-0.05, 0) is 23.8 Å². The summed E-state index contributed by atoms with van der Waals surface area (Å²) in [4.78, 5) is 17.2. The van der Waals surface area contributed by atoms with E-state index < -0.39 is 0 Å². The Balaban J connectivity index is 1.75. The Morgan fingerprint density at radius 2 is 1.95 bits per heavy atom. The largest absolute Gasteiger partial charge is 0.332 e. The Bertz CT molecular complexity index is 701. The molecule has 3 heteroatoms. The van der Waals surface area contributed by atoms with Gasteiger partial charge in [0.2, 0.25) is 5.78 Å². The van der Waals surface area contributed by atoms with Gasteiger partial charge in [0.1, 0.15) is 0 Å². The van der Waals surface area contributed by atoms with Crippen LogP contribution in [0.25, 0.3) is 0 Å².